The van der Waals surface area contributed by atoms with Crippen LogP contribution in [0.2, 0.25) is 0 Å². The minimum atomic E-state index is 0.382. The first kappa shape index (κ1) is 14.3. The number of aryl methyl sites for hydroxylation is 1. The van der Waals surface area contributed by atoms with Crippen molar-refractivity contribution in [1.29, 1.82) is 0 Å². The van der Waals surface area contributed by atoms with Gasteiger partial charge in [0.15, 0.2) is 5.82 Å². The van der Waals surface area contributed by atoms with Crippen LogP contribution in [0.3, 0.4) is 0 Å². The third-order valence-electron chi connectivity index (χ3n) is 3.40. The average molecular weight is 296 g/mol. The molecular formula is C16H20N6. The topological polar surface area (TPSA) is 60.6 Å². The zero-order chi connectivity index (χ0) is 15.5. The predicted octanol–water partition coefficient (Wildman–Crippen LogP) is 2.87. The quantitative estimate of drug-likeness (QED) is 0.786. The molecule has 0 fully saturated rings. The standard InChI is InChI=1S/C16H20N6/c1-12(2)22-10-13(9-19-22)8-17-15-6-4-5-14(7-15)16-18-11-21(3)20-16/h4-7,9-12,17H,8H2,1-3H3. The third-order valence-corrected chi connectivity index (χ3v) is 3.40. The van der Waals surface area contributed by atoms with Gasteiger partial charge in [0.25, 0.3) is 0 Å². The van der Waals surface area contributed by atoms with E-state index in [9.17, 15) is 0 Å². The van der Waals surface area contributed by atoms with Crippen LogP contribution in [-0.4, -0.2) is 24.5 Å². The van der Waals surface area contributed by atoms with E-state index in [2.05, 4.69) is 46.6 Å². The molecule has 0 spiro atoms. The molecule has 1 N–H and O–H groups in total. The number of hydrogen-bond donors (Lipinski definition) is 1. The number of benzene rings is 1. The monoisotopic (exact) mass is 296 g/mol. The van der Waals surface area contributed by atoms with Crippen LogP contribution >= 0.6 is 0 Å². The van der Waals surface area contributed by atoms with Crippen molar-refractivity contribution in [3.8, 4) is 11.4 Å². The molecule has 1 aromatic carbocycles. The molecule has 0 aliphatic carbocycles. The number of hydrogen-bond acceptors (Lipinski definition) is 4. The second-order valence-corrected chi connectivity index (χ2v) is 5.60. The first-order valence-corrected chi connectivity index (χ1v) is 7.35. The Labute approximate surface area is 129 Å². The Morgan fingerprint density at radius 2 is 2.14 bits per heavy atom. The molecule has 0 saturated carbocycles. The number of anilines is 1. The highest BCUT2D eigenvalue weighted by molar-refractivity contribution is 5.62. The maximum absolute atomic E-state index is 4.35. The highest BCUT2D eigenvalue weighted by atomic mass is 15.3. The zero-order valence-electron chi connectivity index (χ0n) is 13.1. The number of nitrogens with one attached hydrogen (secondary N) is 1. The van der Waals surface area contributed by atoms with E-state index in [-0.39, 0.29) is 0 Å². The van der Waals surface area contributed by atoms with E-state index in [1.807, 2.05) is 36.1 Å². The van der Waals surface area contributed by atoms with Crippen molar-refractivity contribution in [1.82, 2.24) is 24.5 Å². The first-order valence-electron chi connectivity index (χ1n) is 7.35. The summed E-state index contributed by atoms with van der Waals surface area (Å²) in [6.07, 6.45) is 5.68. The molecule has 2 aromatic heterocycles. The normalized spacial score (nSPS) is 11.1. The molecule has 0 aliphatic heterocycles. The van der Waals surface area contributed by atoms with E-state index in [0.717, 1.165) is 29.2 Å². The van der Waals surface area contributed by atoms with Gasteiger partial charge in [0, 0.05) is 42.6 Å². The molecule has 22 heavy (non-hydrogen) atoms. The van der Waals surface area contributed by atoms with Crippen LogP contribution < -0.4 is 5.32 Å². The summed E-state index contributed by atoms with van der Waals surface area (Å²) in [4.78, 5) is 4.28. The highest BCUT2D eigenvalue weighted by Crippen LogP contribution is 2.19. The SMILES string of the molecule is CC(C)n1cc(CNc2cccc(-c3ncn(C)n3)c2)cn1. The molecule has 0 atom stereocenters. The average Bonchev–Trinajstić information content (AvgIpc) is 3.14. The summed E-state index contributed by atoms with van der Waals surface area (Å²) in [5.41, 5.74) is 3.21. The van der Waals surface area contributed by atoms with Crippen LogP contribution in [0.5, 0.6) is 0 Å². The second-order valence-electron chi connectivity index (χ2n) is 5.60. The molecule has 3 rings (SSSR count). The summed E-state index contributed by atoms with van der Waals surface area (Å²) in [6.45, 7) is 4.98. The van der Waals surface area contributed by atoms with Crippen LogP contribution in [0, 0.1) is 0 Å². The van der Waals surface area contributed by atoms with Crippen molar-refractivity contribution in [2.24, 2.45) is 7.05 Å². The van der Waals surface area contributed by atoms with Crippen LogP contribution in [0.4, 0.5) is 5.69 Å². The van der Waals surface area contributed by atoms with E-state index in [1.54, 1.807) is 11.0 Å². The predicted molar refractivity (Wildman–Crippen MR) is 86.4 cm³/mol. The van der Waals surface area contributed by atoms with Crippen molar-refractivity contribution < 1.29 is 0 Å². The maximum atomic E-state index is 4.35. The maximum Gasteiger partial charge on any atom is 0.181 e. The van der Waals surface area contributed by atoms with Gasteiger partial charge in [-0.25, -0.2) is 4.98 Å². The summed E-state index contributed by atoms with van der Waals surface area (Å²) in [6, 6.07) is 8.50. The van der Waals surface area contributed by atoms with Gasteiger partial charge in [-0.05, 0) is 26.0 Å². The second kappa shape index (κ2) is 6.01. The van der Waals surface area contributed by atoms with Crippen LogP contribution in [-0.2, 0) is 13.6 Å². The van der Waals surface area contributed by atoms with Gasteiger partial charge in [0.05, 0.1) is 6.20 Å². The molecule has 2 heterocycles. The molecule has 3 aromatic rings. The Kier molecular flexibility index (Phi) is 3.91. The summed E-state index contributed by atoms with van der Waals surface area (Å²) in [7, 11) is 1.87. The Balaban J connectivity index is 1.70. The summed E-state index contributed by atoms with van der Waals surface area (Å²) in [5, 5.41) is 12.1. The molecule has 0 amide bonds. The third kappa shape index (κ3) is 3.16. The van der Waals surface area contributed by atoms with E-state index in [1.165, 1.54) is 0 Å². The fourth-order valence-electron chi connectivity index (χ4n) is 2.20. The number of rotatable bonds is 5. The lowest BCUT2D eigenvalue weighted by Crippen LogP contribution is -2.01. The fraction of sp³-hybridized carbons (Fsp3) is 0.312. The van der Waals surface area contributed by atoms with Crippen LogP contribution in [0.25, 0.3) is 11.4 Å². The van der Waals surface area contributed by atoms with E-state index >= 15 is 0 Å². The van der Waals surface area contributed by atoms with Crippen LogP contribution in [0.1, 0.15) is 25.5 Å². The molecule has 6 heteroatoms. The van der Waals surface area contributed by atoms with Gasteiger partial charge >= 0.3 is 0 Å². The molecule has 0 radical (unpaired) electrons. The molecule has 0 saturated heterocycles. The van der Waals surface area contributed by atoms with Gasteiger partial charge in [-0.3, -0.25) is 9.36 Å². The summed E-state index contributed by atoms with van der Waals surface area (Å²) < 4.78 is 3.67. The van der Waals surface area contributed by atoms with Gasteiger partial charge in [0.1, 0.15) is 6.33 Å². The molecule has 0 aliphatic rings. The molecule has 0 bridgehead atoms. The number of aromatic nitrogens is 5. The Morgan fingerprint density at radius 1 is 1.27 bits per heavy atom. The lowest BCUT2D eigenvalue weighted by atomic mass is 10.2. The Bertz CT molecular complexity index is 755. The molecule has 114 valence electrons. The Hall–Kier alpha value is -2.63. The molecular weight excluding hydrogens is 276 g/mol. The first-order chi connectivity index (χ1) is 10.6. The van der Waals surface area contributed by atoms with Gasteiger partial charge in [-0.1, -0.05) is 12.1 Å². The minimum Gasteiger partial charge on any atom is -0.381 e. The largest absolute Gasteiger partial charge is 0.381 e. The van der Waals surface area contributed by atoms with Crippen molar-refractivity contribution in [2.75, 3.05) is 5.32 Å². The smallest absolute Gasteiger partial charge is 0.181 e. The lowest BCUT2D eigenvalue weighted by Gasteiger charge is -2.06. The molecule has 6 nitrogen and oxygen atoms in total. The zero-order valence-corrected chi connectivity index (χ0v) is 13.1. The number of nitrogens with zero attached hydrogens (tertiary/aromatic N) is 5. The van der Waals surface area contributed by atoms with E-state index in [4.69, 9.17) is 0 Å². The van der Waals surface area contributed by atoms with Gasteiger partial charge in [-0.2, -0.15) is 10.2 Å². The minimum absolute atomic E-state index is 0.382. The van der Waals surface area contributed by atoms with Gasteiger partial charge < -0.3 is 5.32 Å². The van der Waals surface area contributed by atoms with Crippen LogP contribution in [0.15, 0.2) is 43.0 Å². The van der Waals surface area contributed by atoms with Crippen molar-refractivity contribution in [3.05, 3.63) is 48.5 Å². The van der Waals surface area contributed by atoms with Crippen molar-refractivity contribution in [2.45, 2.75) is 26.4 Å². The van der Waals surface area contributed by atoms with E-state index in [0.29, 0.717) is 6.04 Å². The van der Waals surface area contributed by atoms with Gasteiger partial charge in [0.2, 0.25) is 0 Å². The highest BCUT2D eigenvalue weighted by Gasteiger charge is 2.05. The lowest BCUT2D eigenvalue weighted by molar-refractivity contribution is 0.532. The van der Waals surface area contributed by atoms with Gasteiger partial charge in [-0.15, -0.1) is 0 Å². The van der Waals surface area contributed by atoms with Crippen molar-refractivity contribution >= 4 is 5.69 Å². The summed E-state index contributed by atoms with van der Waals surface area (Å²) >= 11 is 0. The fourth-order valence-corrected chi connectivity index (χ4v) is 2.20. The Morgan fingerprint density at radius 3 is 2.82 bits per heavy atom. The summed E-state index contributed by atoms with van der Waals surface area (Å²) in [5.74, 6) is 0.735. The van der Waals surface area contributed by atoms with Crippen molar-refractivity contribution in [3.63, 3.8) is 0 Å². The molecule has 0 unspecified atom stereocenters. The van der Waals surface area contributed by atoms with E-state index < -0.39 is 0 Å².